The van der Waals surface area contributed by atoms with Crippen molar-refractivity contribution in [3.8, 4) is 11.3 Å². The van der Waals surface area contributed by atoms with Gasteiger partial charge in [-0.15, -0.1) is 0 Å². The Kier molecular flexibility index (Phi) is 6.27. The molecule has 0 aromatic carbocycles. The lowest BCUT2D eigenvalue weighted by molar-refractivity contribution is -0.0418. The Morgan fingerprint density at radius 1 is 1.31 bits per heavy atom. The molecule has 0 aliphatic carbocycles. The molecule has 170 valence electrons. The van der Waals surface area contributed by atoms with Gasteiger partial charge in [0, 0.05) is 30.9 Å². The van der Waals surface area contributed by atoms with Crippen LogP contribution in [0.15, 0.2) is 35.2 Å². The van der Waals surface area contributed by atoms with Crippen LogP contribution >= 0.6 is 15.9 Å². The molecule has 4 heterocycles. The van der Waals surface area contributed by atoms with E-state index in [1.54, 1.807) is 4.90 Å². The number of halogens is 1. The van der Waals surface area contributed by atoms with Crippen molar-refractivity contribution >= 4 is 27.7 Å². The molecular formula is C24H29BrN4O3. The predicted molar refractivity (Wildman–Crippen MR) is 127 cm³/mol. The Balaban J connectivity index is 1.67. The normalized spacial score (nSPS) is 17.1. The van der Waals surface area contributed by atoms with Crippen molar-refractivity contribution in [1.29, 1.82) is 0 Å². The number of hydrogen-bond donors (Lipinski definition) is 0. The number of fused-ring (bicyclic) bond motifs is 1. The summed E-state index contributed by atoms with van der Waals surface area (Å²) < 4.78 is 14.5. The highest BCUT2D eigenvalue weighted by atomic mass is 79.9. The van der Waals surface area contributed by atoms with Crippen LogP contribution in [0.4, 0.5) is 4.79 Å². The number of carbonyl (C=O) groups is 1. The van der Waals surface area contributed by atoms with Crippen LogP contribution in [0.25, 0.3) is 16.9 Å². The molecule has 1 aliphatic rings. The summed E-state index contributed by atoms with van der Waals surface area (Å²) >= 11 is 3.45. The molecule has 0 N–H and O–H groups in total. The molecule has 8 heteroatoms. The molecule has 0 unspecified atom stereocenters. The third-order valence-electron chi connectivity index (χ3n) is 5.42. The molecule has 3 aromatic heterocycles. The smallest absolute Gasteiger partial charge is 0.410 e. The van der Waals surface area contributed by atoms with Crippen LogP contribution in [0.1, 0.15) is 37.6 Å². The largest absolute Gasteiger partial charge is 0.444 e. The number of aryl methyl sites for hydroxylation is 2. The first-order valence-corrected chi connectivity index (χ1v) is 11.6. The topological polar surface area (TPSA) is 69.0 Å². The highest BCUT2D eigenvalue weighted by Gasteiger charge is 2.30. The van der Waals surface area contributed by atoms with E-state index >= 15 is 0 Å². The van der Waals surface area contributed by atoms with Crippen molar-refractivity contribution < 1.29 is 14.3 Å². The third kappa shape index (κ3) is 4.96. The minimum Gasteiger partial charge on any atom is -0.444 e. The third-order valence-corrected chi connectivity index (χ3v) is 5.86. The zero-order valence-electron chi connectivity index (χ0n) is 19.2. The van der Waals surface area contributed by atoms with Crippen LogP contribution in [0.5, 0.6) is 0 Å². The maximum absolute atomic E-state index is 12.6. The Morgan fingerprint density at radius 3 is 2.81 bits per heavy atom. The van der Waals surface area contributed by atoms with Gasteiger partial charge in [-0.2, -0.15) is 0 Å². The first kappa shape index (κ1) is 22.7. The van der Waals surface area contributed by atoms with Gasteiger partial charge in [0.2, 0.25) is 0 Å². The first-order valence-electron chi connectivity index (χ1n) is 10.8. The van der Waals surface area contributed by atoms with E-state index in [0.717, 1.165) is 38.3 Å². The van der Waals surface area contributed by atoms with E-state index in [1.807, 2.05) is 39.2 Å². The molecule has 1 aliphatic heterocycles. The zero-order chi connectivity index (χ0) is 23.0. The highest BCUT2D eigenvalue weighted by Crippen LogP contribution is 2.30. The molecule has 1 atom stereocenters. The summed E-state index contributed by atoms with van der Waals surface area (Å²) in [6, 6.07) is 6.14. The lowest BCUT2D eigenvalue weighted by Crippen LogP contribution is -2.48. The molecule has 3 aromatic rings. The second kappa shape index (κ2) is 8.83. The summed E-state index contributed by atoms with van der Waals surface area (Å²) in [4.78, 5) is 23.7. The quantitative estimate of drug-likeness (QED) is 0.475. The van der Waals surface area contributed by atoms with Crippen molar-refractivity contribution in [2.75, 3.05) is 19.7 Å². The minimum atomic E-state index is -0.524. The number of amides is 1. The molecule has 0 bridgehead atoms. The van der Waals surface area contributed by atoms with E-state index in [0.29, 0.717) is 26.1 Å². The molecule has 1 saturated heterocycles. The van der Waals surface area contributed by atoms with Crippen LogP contribution in [0.3, 0.4) is 0 Å². The van der Waals surface area contributed by atoms with Crippen LogP contribution in [-0.2, 0) is 15.9 Å². The molecule has 1 amide bonds. The summed E-state index contributed by atoms with van der Waals surface area (Å²) in [6.45, 7) is 11.2. The second-order valence-electron chi connectivity index (χ2n) is 9.28. The molecule has 0 saturated carbocycles. The molecule has 0 radical (unpaired) electrons. The van der Waals surface area contributed by atoms with Gasteiger partial charge in [-0.25, -0.2) is 14.8 Å². The van der Waals surface area contributed by atoms with Gasteiger partial charge in [-0.1, -0.05) is 0 Å². The van der Waals surface area contributed by atoms with Crippen LogP contribution < -0.4 is 0 Å². The molecular weight excluding hydrogens is 472 g/mol. The number of nitrogens with zero attached hydrogens (tertiary/aromatic N) is 4. The number of aromatic nitrogens is 3. The van der Waals surface area contributed by atoms with Crippen molar-refractivity contribution in [3.05, 3.63) is 52.0 Å². The average molecular weight is 501 g/mol. The van der Waals surface area contributed by atoms with E-state index in [2.05, 4.69) is 51.3 Å². The van der Waals surface area contributed by atoms with Crippen LogP contribution in [-0.4, -0.2) is 56.8 Å². The second-order valence-corrected chi connectivity index (χ2v) is 10.1. The van der Waals surface area contributed by atoms with E-state index in [9.17, 15) is 4.79 Å². The predicted octanol–water partition coefficient (Wildman–Crippen LogP) is 4.95. The van der Waals surface area contributed by atoms with E-state index in [-0.39, 0.29) is 12.2 Å². The fourth-order valence-corrected chi connectivity index (χ4v) is 4.37. The number of imidazole rings is 1. The zero-order valence-corrected chi connectivity index (χ0v) is 20.8. The summed E-state index contributed by atoms with van der Waals surface area (Å²) in [5.41, 5.74) is 5.53. The Morgan fingerprint density at radius 2 is 2.09 bits per heavy atom. The fraction of sp³-hybridized carbons (Fsp3) is 0.458. The molecule has 4 rings (SSSR count). The number of hydrogen-bond acceptors (Lipinski definition) is 5. The lowest BCUT2D eigenvalue weighted by Gasteiger charge is -2.34. The Hall–Kier alpha value is -2.45. The lowest BCUT2D eigenvalue weighted by atomic mass is 10.0. The van der Waals surface area contributed by atoms with Gasteiger partial charge in [0.15, 0.2) is 0 Å². The van der Waals surface area contributed by atoms with Gasteiger partial charge in [-0.3, -0.25) is 0 Å². The molecule has 1 fully saturated rings. The van der Waals surface area contributed by atoms with Crippen molar-refractivity contribution in [1.82, 2.24) is 19.3 Å². The van der Waals surface area contributed by atoms with Crippen LogP contribution in [0, 0.1) is 13.8 Å². The van der Waals surface area contributed by atoms with Crippen LogP contribution in [0.2, 0.25) is 0 Å². The standard InChI is InChI=1S/C24H29BrN4O3/c1-15-6-7-29-19(12-17-14-28(8-9-31-17)23(30)32-24(3,4)5)22(27-21(29)10-15)18-13-26-20(25)11-16(18)2/h6-7,10-11,13,17H,8-9,12,14H2,1-5H3/t17-/m0/s1. The summed E-state index contributed by atoms with van der Waals surface area (Å²) in [6.07, 6.45) is 4.07. The van der Waals surface area contributed by atoms with Gasteiger partial charge in [-0.05, 0) is 79.9 Å². The number of pyridine rings is 2. The molecule has 0 spiro atoms. The summed E-state index contributed by atoms with van der Waals surface area (Å²) in [7, 11) is 0. The minimum absolute atomic E-state index is 0.153. The highest BCUT2D eigenvalue weighted by molar-refractivity contribution is 9.10. The van der Waals surface area contributed by atoms with Gasteiger partial charge in [0.05, 0.1) is 30.6 Å². The van der Waals surface area contributed by atoms with Crippen molar-refractivity contribution in [3.63, 3.8) is 0 Å². The number of rotatable bonds is 3. The van der Waals surface area contributed by atoms with E-state index in [4.69, 9.17) is 14.5 Å². The van der Waals surface area contributed by atoms with E-state index in [1.165, 1.54) is 0 Å². The SMILES string of the molecule is Cc1ccn2c(C[C@H]3CN(C(=O)OC(C)(C)C)CCO3)c(-c3cnc(Br)cc3C)nc2c1. The first-order chi connectivity index (χ1) is 15.1. The Labute approximate surface area is 196 Å². The van der Waals surface area contributed by atoms with Gasteiger partial charge < -0.3 is 18.8 Å². The molecule has 32 heavy (non-hydrogen) atoms. The van der Waals surface area contributed by atoms with Gasteiger partial charge in [0.25, 0.3) is 0 Å². The molecule has 7 nitrogen and oxygen atoms in total. The fourth-order valence-electron chi connectivity index (χ4n) is 3.93. The Bertz CT molecular complexity index is 1150. The van der Waals surface area contributed by atoms with Crippen molar-refractivity contribution in [2.45, 2.75) is 52.7 Å². The number of ether oxygens (including phenoxy) is 2. The summed E-state index contributed by atoms with van der Waals surface area (Å²) in [5.74, 6) is 0. The maximum Gasteiger partial charge on any atom is 0.410 e. The monoisotopic (exact) mass is 500 g/mol. The maximum atomic E-state index is 12.6. The average Bonchev–Trinajstić information content (AvgIpc) is 3.04. The van der Waals surface area contributed by atoms with E-state index < -0.39 is 5.60 Å². The number of morpholine rings is 1. The van der Waals surface area contributed by atoms with Crippen molar-refractivity contribution in [2.24, 2.45) is 0 Å². The number of carbonyl (C=O) groups excluding carboxylic acids is 1. The summed E-state index contributed by atoms with van der Waals surface area (Å²) in [5, 5.41) is 0. The van der Waals surface area contributed by atoms with Gasteiger partial charge >= 0.3 is 6.09 Å². The van der Waals surface area contributed by atoms with Gasteiger partial charge in [0.1, 0.15) is 15.9 Å².